The van der Waals surface area contributed by atoms with Crippen molar-refractivity contribution >= 4 is 63.1 Å². The van der Waals surface area contributed by atoms with Gasteiger partial charge in [0.15, 0.2) is 0 Å². The van der Waals surface area contributed by atoms with E-state index in [1.807, 2.05) is 106 Å². The fraction of sp³-hybridized carbons (Fsp3) is 0.309. The Morgan fingerprint density at radius 3 is 2.34 bits per heavy atom. The number of carbonyl (C=O) groups excluding carboxylic acids is 3. The molecule has 1 aliphatic rings. The molecule has 0 aliphatic carbocycles. The number of hydrogen-bond donors (Lipinski definition) is 4. The quantitative estimate of drug-likeness (QED) is 0.0502. The van der Waals surface area contributed by atoms with E-state index in [0.29, 0.717) is 33.6 Å². The van der Waals surface area contributed by atoms with Gasteiger partial charge in [0.25, 0.3) is 0 Å². The first kappa shape index (κ1) is 52.3. The lowest BCUT2D eigenvalue weighted by Gasteiger charge is -2.35. The lowest BCUT2D eigenvalue weighted by Crippen LogP contribution is -2.58. The lowest BCUT2D eigenvalue weighted by molar-refractivity contribution is -0.144. The number of thiazole rings is 1. The van der Waals surface area contributed by atoms with Crippen molar-refractivity contribution in [2.24, 2.45) is 5.41 Å². The second kappa shape index (κ2) is 24.1. The van der Waals surface area contributed by atoms with E-state index < -0.39 is 35.4 Å². The molecule has 0 spiro atoms. The molecule has 3 heterocycles. The molecule has 0 radical (unpaired) electrons. The van der Waals surface area contributed by atoms with Gasteiger partial charge in [0.1, 0.15) is 61.4 Å². The number of nitrogens with zero attached hydrogens (tertiary/aromatic N) is 4. The highest BCUT2D eigenvalue weighted by Crippen LogP contribution is 2.34. The molecule has 73 heavy (non-hydrogen) atoms. The maximum absolute atomic E-state index is 14.0. The van der Waals surface area contributed by atoms with Crippen LogP contribution in [0.25, 0.3) is 32.5 Å². The van der Waals surface area contributed by atoms with Crippen molar-refractivity contribution in [2.75, 3.05) is 44.9 Å². The van der Waals surface area contributed by atoms with Gasteiger partial charge in [0.2, 0.25) is 17.7 Å². The van der Waals surface area contributed by atoms with E-state index >= 15 is 0 Å². The van der Waals surface area contributed by atoms with Gasteiger partial charge in [-0.25, -0.2) is 19.3 Å². The average Bonchev–Trinajstić information content (AvgIpc) is 4.00. The van der Waals surface area contributed by atoms with Gasteiger partial charge in [-0.3, -0.25) is 14.4 Å². The first-order valence-corrected chi connectivity index (χ1v) is 25.1. The monoisotopic (exact) mass is 1030 g/mol. The Kier molecular flexibility index (Phi) is 17.3. The number of hydrogen-bond acceptors (Lipinski definition) is 13. The predicted octanol–water partition coefficient (Wildman–Crippen LogP) is 9.06. The molecule has 18 heteroatoms. The number of carbonyl (C=O) groups is 3. The fourth-order valence-corrected chi connectivity index (χ4v) is 9.33. The summed E-state index contributed by atoms with van der Waals surface area (Å²) in [4.78, 5) is 56.2. The predicted molar refractivity (Wildman–Crippen MR) is 279 cm³/mol. The summed E-state index contributed by atoms with van der Waals surface area (Å²) in [6, 6.07) is 31.1. The molecule has 2 aromatic heterocycles. The number of aliphatic hydroxyl groups excluding tert-OH is 1. The fourth-order valence-electron chi connectivity index (χ4n) is 8.29. The van der Waals surface area contributed by atoms with E-state index in [1.54, 1.807) is 35.6 Å². The van der Waals surface area contributed by atoms with Crippen molar-refractivity contribution in [1.29, 1.82) is 0 Å². The third kappa shape index (κ3) is 13.9. The number of nitrogens with one attached hydrogen (secondary N) is 3. The second-order valence-corrected chi connectivity index (χ2v) is 19.9. The summed E-state index contributed by atoms with van der Waals surface area (Å²) in [6.45, 7) is 8.44. The Hall–Kier alpha value is -7.02. The number of ether oxygens (including phenoxy) is 4. The van der Waals surface area contributed by atoms with Gasteiger partial charge in [-0.15, -0.1) is 11.3 Å². The third-order valence-electron chi connectivity index (χ3n) is 12.1. The number of likely N-dealkylation sites (tertiary alicyclic amines) is 1. The van der Waals surface area contributed by atoms with Crippen LogP contribution in [0.3, 0.4) is 0 Å². The molecule has 0 bridgehead atoms. The molecule has 7 aromatic rings. The molecule has 2 unspecified atom stereocenters. The number of halogens is 2. The molecule has 4 N–H and O–H groups in total. The number of β-amino-alcohol motifs (C(OH)–C–C–N with tert-alkyl or cyclic N) is 1. The van der Waals surface area contributed by atoms with E-state index in [0.717, 1.165) is 43.7 Å². The molecular weight excluding hydrogens is 973 g/mol. The molecular formula is C55H57ClFN7O8S. The SMILES string of the molecule is Cc1ncsc1-c1ccc(CNC(=O)C2CC(O)CN2C(=O)[C@@H](NC(=O)COCCOCCOc2ccc(-c3ccc4ncnc(Nc5ccc(OCc6cccc(F)c6)c(Cl)c5)c4c3)cc2)C(C)(C)C)cc1. The number of benzene rings is 5. The van der Waals surface area contributed by atoms with Gasteiger partial charge >= 0.3 is 0 Å². The van der Waals surface area contributed by atoms with Crippen molar-refractivity contribution in [1.82, 2.24) is 30.5 Å². The van der Waals surface area contributed by atoms with Crippen LogP contribution in [0.15, 0.2) is 121 Å². The summed E-state index contributed by atoms with van der Waals surface area (Å²) in [5.41, 5.74) is 8.04. The van der Waals surface area contributed by atoms with Crippen LogP contribution in [-0.4, -0.2) is 100 Å². The number of fused-ring (bicyclic) bond motifs is 1. The van der Waals surface area contributed by atoms with E-state index in [2.05, 4.69) is 30.9 Å². The van der Waals surface area contributed by atoms with Gasteiger partial charge in [0, 0.05) is 30.6 Å². The van der Waals surface area contributed by atoms with Crippen LogP contribution in [0, 0.1) is 18.2 Å². The van der Waals surface area contributed by atoms with Crippen LogP contribution >= 0.6 is 22.9 Å². The van der Waals surface area contributed by atoms with Crippen LogP contribution in [0.5, 0.6) is 11.5 Å². The minimum atomic E-state index is -0.980. The topological polar surface area (TPSA) is 186 Å². The molecule has 8 rings (SSSR count). The number of anilines is 2. The summed E-state index contributed by atoms with van der Waals surface area (Å²) < 4.78 is 36.6. The average molecular weight is 1030 g/mol. The van der Waals surface area contributed by atoms with Gasteiger partial charge < -0.3 is 44.9 Å². The molecule has 0 saturated carbocycles. The maximum atomic E-state index is 14.0. The number of aryl methyl sites for hydroxylation is 1. The summed E-state index contributed by atoms with van der Waals surface area (Å²) in [5, 5.41) is 20.8. The third-order valence-corrected chi connectivity index (χ3v) is 13.4. The van der Waals surface area contributed by atoms with Crippen molar-refractivity contribution < 1.29 is 42.8 Å². The zero-order chi connectivity index (χ0) is 51.5. The summed E-state index contributed by atoms with van der Waals surface area (Å²) in [6.07, 6.45) is 0.702. The Morgan fingerprint density at radius 1 is 0.849 bits per heavy atom. The van der Waals surface area contributed by atoms with Crippen molar-refractivity contribution in [3.8, 4) is 33.1 Å². The van der Waals surface area contributed by atoms with Crippen LogP contribution in [0.1, 0.15) is 44.0 Å². The Bertz CT molecular complexity index is 3030. The van der Waals surface area contributed by atoms with Gasteiger partial charge in [-0.2, -0.15) is 0 Å². The Morgan fingerprint density at radius 2 is 1.60 bits per heavy atom. The minimum Gasteiger partial charge on any atom is -0.491 e. The van der Waals surface area contributed by atoms with Crippen molar-refractivity contribution in [2.45, 2.75) is 65.5 Å². The maximum Gasteiger partial charge on any atom is 0.246 e. The van der Waals surface area contributed by atoms with E-state index in [1.165, 1.54) is 23.4 Å². The molecule has 15 nitrogen and oxygen atoms in total. The number of aliphatic hydroxyl groups is 1. The molecule has 380 valence electrons. The van der Waals surface area contributed by atoms with Gasteiger partial charge in [-0.05, 0) is 94.8 Å². The zero-order valence-corrected chi connectivity index (χ0v) is 42.5. The summed E-state index contributed by atoms with van der Waals surface area (Å²) >= 11 is 8.13. The number of rotatable bonds is 21. The highest BCUT2D eigenvalue weighted by atomic mass is 35.5. The van der Waals surface area contributed by atoms with Crippen LogP contribution in [0.2, 0.25) is 5.02 Å². The zero-order valence-electron chi connectivity index (χ0n) is 40.9. The van der Waals surface area contributed by atoms with Crippen LogP contribution in [0.4, 0.5) is 15.9 Å². The van der Waals surface area contributed by atoms with Crippen LogP contribution in [-0.2, 0) is 37.0 Å². The van der Waals surface area contributed by atoms with Crippen LogP contribution < -0.4 is 25.4 Å². The van der Waals surface area contributed by atoms with Crippen molar-refractivity contribution in [3.05, 3.63) is 149 Å². The second-order valence-electron chi connectivity index (χ2n) is 18.6. The smallest absolute Gasteiger partial charge is 0.246 e. The minimum absolute atomic E-state index is 0.0260. The number of amides is 3. The lowest BCUT2D eigenvalue weighted by atomic mass is 9.85. The first-order chi connectivity index (χ1) is 35.2. The molecule has 3 atom stereocenters. The molecule has 5 aromatic carbocycles. The van der Waals surface area contributed by atoms with Gasteiger partial charge in [-0.1, -0.05) is 87.0 Å². The molecule has 3 amide bonds. The standard InChI is InChI=1S/C55H57ClFN7O8S/c1-34-50(73-33-61-34)38-10-8-35(9-11-38)28-58-53(67)47-27-42(65)29-64(47)54(68)51(55(2,3)4)63-49(66)31-70-21-20-69-22-23-71-43-16-12-37(13-17-43)39-14-18-46-44(25-39)52(60-32-59-46)62-41-15-19-48(45(56)26-41)72-30-36-6-5-7-40(57)24-36/h5-19,24-26,32-33,42,47,51,65H,20-23,27-31H2,1-4H3,(H,58,67)(H,63,66)(H,59,60,62)/t42?,47?,51-/m1/s1. The van der Waals surface area contributed by atoms with Crippen molar-refractivity contribution in [3.63, 3.8) is 0 Å². The van der Waals surface area contributed by atoms with Gasteiger partial charge in [0.05, 0.1) is 52.5 Å². The molecule has 1 fully saturated rings. The van der Waals surface area contributed by atoms with E-state index in [4.69, 9.17) is 30.5 Å². The largest absolute Gasteiger partial charge is 0.491 e. The Labute approximate surface area is 432 Å². The normalized spacial score (nSPS) is 15.0. The van der Waals surface area contributed by atoms with E-state index in [9.17, 15) is 23.9 Å². The highest BCUT2D eigenvalue weighted by Gasteiger charge is 2.44. The number of aromatic nitrogens is 3. The first-order valence-electron chi connectivity index (χ1n) is 23.8. The summed E-state index contributed by atoms with van der Waals surface area (Å²) in [5.74, 6) is 0.0713. The van der Waals surface area contributed by atoms with E-state index in [-0.39, 0.29) is 70.9 Å². The molecule has 1 aliphatic heterocycles. The molecule has 1 saturated heterocycles. The Balaban J connectivity index is 0.747. The summed E-state index contributed by atoms with van der Waals surface area (Å²) in [7, 11) is 0. The highest BCUT2D eigenvalue weighted by molar-refractivity contribution is 7.13.